The van der Waals surface area contributed by atoms with Gasteiger partial charge in [-0.15, -0.1) is 0 Å². The number of halogens is 1. The van der Waals surface area contributed by atoms with E-state index < -0.39 is 32.8 Å². The van der Waals surface area contributed by atoms with Crippen LogP contribution >= 0.6 is 0 Å². The summed E-state index contributed by atoms with van der Waals surface area (Å²) in [5, 5.41) is 9.39. The van der Waals surface area contributed by atoms with E-state index in [2.05, 4.69) is 4.72 Å². The van der Waals surface area contributed by atoms with Gasteiger partial charge in [0.2, 0.25) is 15.5 Å². The molecule has 190 valence electrons. The third-order valence-corrected chi connectivity index (χ3v) is 8.13. The molecular weight excluding hydrogens is 491 g/mol. The van der Waals surface area contributed by atoms with Crippen molar-refractivity contribution in [1.29, 1.82) is 0 Å². The van der Waals surface area contributed by atoms with Gasteiger partial charge in [0.25, 0.3) is 0 Å². The second kappa shape index (κ2) is 9.30. The number of hydrogen-bond donors (Lipinski definition) is 2. The molecular formula is C25H25FN2O7S. The molecule has 0 amide bonds. The van der Waals surface area contributed by atoms with Crippen LogP contribution in [0.25, 0.3) is 22.0 Å². The molecule has 2 aliphatic rings. The van der Waals surface area contributed by atoms with E-state index in [1.54, 1.807) is 4.57 Å². The van der Waals surface area contributed by atoms with Gasteiger partial charge in [0.1, 0.15) is 11.4 Å². The van der Waals surface area contributed by atoms with E-state index in [-0.39, 0.29) is 33.7 Å². The Kier molecular flexibility index (Phi) is 6.31. The van der Waals surface area contributed by atoms with Crippen LogP contribution in [0.15, 0.2) is 46.2 Å². The summed E-state index contributed by atoms with van der Waals surface area (Å²) < 4.78 is 56.3. The van der Waals surface area contributed by atoms with Gasteiger partial charge in [0, 0.05) is 31.5 Å². The van der Waals surface area contributed by atoms with Gasteiger partial charge in [0.15, 0.2) is 5.75 Å². The van der Waals surface area contributed by atoms with Crippen molar-refractivity contribution in [3.63, 3.8) is 0 Å². The van der Waals surface area contributed by atoms with E-state index in [1.807, 2.05) is 0 Å². The predicted octanol–water partition coefficient (Wildman–Crippen LogP) is 3.31. The van der Waals surface area contributed by atoms with Gasteiger partial charge in [-0.25, -0.2) is 22.3 Å². The number of nitrogens with zero attached hydrogens (tertiary/aromatic N) is 1. The number of hydrogen-bond acceptors (Lipinski definition) is 6. The van der Waals surface area contributed by atoms with Crippen molar-refractivity contribution in [2.24, 2.45) is 0 Å². The molecule has 0 spiro atoms. The molecule has 1 saturated heterocycles. The van der Waals surface area contributed by atoms with Crippen LogP contribution in [0.3, 0.4) is 0 Å². The number of carbonyl (C=O) groups is 1. The van der Waals surface area contributed by atoms with E-state index in [9.17, 15) is 23.1 Å². The molecule has 1 saturated carbocycles. The minimum absolute atomic E-state index is 0.0257. The van der Waals surface area contributed by atoms with Crippen LogP contribution in [-0.2, 0) is 14.8 Å². The number of pyridine rings is 1. The summed E-state index contributed by atoms with van der Waals surface area (Å²) in [7, 11) is -2.43. The highest BCUT2D eigenvalue weighted by Gasteiger charge is 2.30. The third-order valence-electron chi connectivity index (χ3n) is 6.59. The number of ether oxygens (including phenoxy) is 2. The van der Waals surface area contributed by atoms with Gasteiger partial charge in [-0.2, -0.15) is 0 Å². The molecule has 0 bridgehead atoms. The van der Waals surface area contributed by atoms with E-state index in [1.165, 1.54) is 37.6 Å². The number of rotatable bonds is 7. The van der Waals surface area contributed by atoms with Crippen LogP contribution in [0.1, 0.15) is 42.1 Å². The standard InChI is InChI=1S/C25H25FN2O7S/c1-34-24-21(14-2-6-17(7-3-14)36(32,33)27-15-8-10-35-11-9-15)20(26)12-18-22(24)28(16-4-5-16)13-19(23(18)29)25(30)31/h2-3,6-7,12-13,15-16,27H,4-5,8-11H2,1H3,(H,30,31). The molecule has 5 rings (SSSR count). The number of aromatic carboxylic acids is 1. The molecule has 0 radical (unpaired) electrons. The number of carboxylic acids is 1. The van der Waals surface area contributed by atoms with Crippen LogP contribution in [0.5, 0.6) is 5.75 Å². The highest BCUT2D eigenvalue weighted by Crippen LogP contribution is 2.43. The van der Waals surface area contributed by atoms with Gasteiger partial charge in [-0.1, -0.05) is 12.1 Å². The number of methoxy groups -OCH3 is 1. The zero-order valence-corrected chi connectivity index (χ0v) is 20.3. The minimum Gasteiger partial charge on any atom is -0.494 e. The van der Waals surface area contributed by atoms with E-state index in [0.29, 0.717) is 37.1 Å². The van der Waals surface area contributed by atoms with E-state index in [4.69, 9.17) is 9.47 Å². The van der Waals surface area contributed by atoms with E-state index in [0.717, 1.165) is 18.9 Å². The lowest BCUT2D eigenvalue weighted by Gasteiger charge is -2.23. The van der Waals surface area contributed by atoms with Gasteiger partial charge in [0.05, 0.1) is 28.5 Å². The molecule has 1 aromatic heterocycles. The molecule has 2 aromatic carbocycles. The Morgan fingerprint density at radius 2 is 1.83 bits per heavy atom. The fraction of sp³-hybridized carbons (Fsp3) is 0.360. The molecule has 9 nitrogen and oxygen atoms in total. The van der Waals surface area contributed by atoms with Crippen molar-refractivity contribution in [3.05, 3.63) is 58.1 Å². The lowest BCUT2D eigenvalue weighted by atomic mass is 10.00. The first-order chi connectivity index (χ1) is 17.2. The highest BCUT2D eigenvalue weighted by atomic mass is 32.2. The number of fused-ring (bicyclic) bond motifs is 1. The number of sulfonamides is 1. The van der Waals surface area contributed by atoms with Crippen molar-refractivity contribution in [1.82, 2.24) is 9.29 Å². The molecule has 2 N–H and O–H groups in total. The quantitative estimate of drug-likeness (QED) is 0.494. The maximum absolute atomic E-state index is 15.4. The Morgan fingerprint density at radius 1 is 1.17 bits per heavy atom. The van der Waals surface area contributed by atoms with Crippen LogP contribution in [-0.4, -0.2) is 50.4 Å². The van der Waals surface area contributed by atoms with Crippen molar-refractivity contribution in [3.8, 4) is 16.9 Å². The highest BCUT2D eigenvalue weighted by molar-refractivity contribution is 7.89. The zero-order valence-electron chi connectivity index (χ0n) is 19.5. The Labute approximate surface area is 206 Å². The maximum Gasteiger partial charge on any atom is 0.341 e. The first-order valence-corrected chi connectivity index (χ1v) is 13.1. The molecule has 2 fully saturated rings. The number of benzene rings is 2. The van der Waals surface area contributed by atoms with Gasteiger partial charge >= 0.3 is 5.97 Å². The molecule has 0 atom stereocenters. The minimum atomic E-state index is -3.78. The van der Waals surface area contributed by atoms with Crippen molar-refractivity contribution < 1.29 is 32.2 Å². The number of aromatic nitrogens is 1. The lowest BCUT2D eigenvalue weighted by molar-refractivity contribution is 0.0694. The second-order valence-corrected chi connectivity index (χ2v) is 10.7. The molecule has 11 heteroatoms. The fourth-order valence-electron chi connectivity index (χ4n) is 4.62. The Hall–Kier alpha value is -3.28. The average molecular weight is 517 g/mol. The first kappa shape index (κ1) is 24.4. The van der Waals surface area contributed by atoms with Crippen molar-refractivity contribution in [2.75, 3.05) is 20.3 Å². The van der Waals surface area contributed by atoms with Gasteiger partial charge in [-0.3, -0.25) is 4.79 Å². The number of carboxylic acid groups (broad SMARTS) is 1. The summed E-state index contributed by atoms with van der Waals surface area (Å²) in [5.74, 6) is -2.08. The van der Waals surface area contributed by atoms with Crippen LogP contribution in [0, 0.1) is 5.82 Å². The van der Waals surface area contributed by atoms with Gasteiger partial charge in [-0.05, 0) is 49.4 Å². The van der Waals surface area contributed by atoms with Gasteiger partial charge < -0.3 is 19.1 Å². The molecule has 3 aromatic rings. The molecule has 1 aliphatic heterocycles. The second-order valence-electron chi connectivity index (χ2n) is 9.01. The summed E-state index contributed by atoms with van der Waals surface area (Å²) in [4.78, 5) is 24.5. The largest absolute Gasteiger partial charge is 0.494 e. The predicted molar refractivity (Wildman–Crippen MR) is 130 cm³/mol. The zero-order chi connectivity index (χ0) is 25.6. The normalized spacial score (nSPS) is 16.8. The molecule has 36 heavy (non-hydrogen) atoms. The molecule has 1 aliphatic carbocycles. The molecule has 2 heterocycles. The van der Waals surface area contributed by atoms with Crippen LogP contribution in [0.2, 0.25) is 0 Å². The first-order valence-electron chi connectivity index (χ1n) is 11.6. The topological polar surface area (TPSA) is 124 Å². The Morgan fingerprint density at radius 3 is 2.42 bits per heavy atom. The maximum atomic E-state index is 15.4. The summed E-state index contributed by atoms with van der Waals surface area (Å²) in [6.45, 7) is 0.986. The number of nitrogens with one attached hydrogen (secondary N) is 1. The average Bonchev–Trinajstić information content (AvgIpc) is 3.69. The monoisotopic (exact) mass is 516 g/mol. The fourth-order valence-corrected chi connectivity index (χ4v) is 5.92. The summed E-state index contributed by atoms with van der Waals surface area (Å²) in [6, 6.07) is 6.53. The summed E-state index contributed by atoms with van der Waals surface area (Å²) in [5.41, 5.74) is -0.505. The van der Waals surface area contributed by atoms with Crippen molar-refractivity contribution >= 4 is 26.9 Å². The Balaban J connectivity index is 1.60. The Bertz CT molecular complexity index is 1510. The lowest BCUT2D eigenvalue weighted by Crippen LogP contribution is -2.38. The summed E-state index contributed by atoms with van der Waals surface area (Å²) in [6.07, 6.45) is 4.04. The molecule has 0 unspecified atom stereocenters. The van der Waals surface area contributed by atoms with Crippen LogP contribution in [0.4, 0.5) is 4.39 Å². The summed E-state index contributed by atoms with van der Waals surface area (Å²) >= 11 is 0. The van der Waals surface area contributed by atoms with Crippen molar-refractivity contribution in [2.45, 2.75) is 42.7 Å². The third kappa shape index (κ3) is 4.38. The van der Waals surface area contributed by atoms with E-state index >= 15 is 4.39 Å². The van der Waals surface area contributed by atoms with Crippen LogP contribution < -0.4 is 14.9 Å². The smallest absolute Gasteiger partial charge is 0.341 e. The SMILES string of the molecule is COc1c(-c2ccc(S(=O)(=O)NC3CCOCC3)cc2)c(F)cc2c(=O)c(C(=O)O)cn(C3CC3)c12.